The van der Waals surface area contributed by atoms with Crippen LogP contribution in [-0.2, 0) is 22.0 Å². The van der Waals surface area contributed by atoms with Gasteiger partial charge in [-0.25, -0.2) is 8.42 Å². The predicted octanol–water partition coefficient (Wildman–Crippen LogP) is 6.06. The van der Waals surface area contributed by atoms with Crippen molar-refractivity contribution >= 4 is 21.6 Å². The van der Waals surface area contributed by atoms with Crippen LogP contribution >= 0.6 is 0 Å². The zero-order valence-corrected chi connectivity index (χ0v) is 22.5. The Bertz CT molecular complexity index is 1290. The lowest BCUT2D eigenvalue weighted by molar-refractivity contribution is 0.0940. The maximum Gasteiger partial charge on any atom is 0.251 e. The van der Waals surface area contributed by atoms with E-state index in [9.17, 15) is 13.2 Å². The lowest BCUT2D eigenvalue weighted by atomic mass is 9.86. The van der Waals surface area contributed by atoms with Crippen LogP contribution in [0.25, 0.3) is 0 Å². The van der Waals surface area contributed by atoms with Gasteiger partial charge in [-0.05, 0) is 78.3 Å². The molecule has 3 aromatic carbocycles. The Balaban J connectivity index is 1.71. The molecular formula is C29H36N2O3S. The average molecular weight is 493 g/mol. The van der Waals surface area contributed by atoms with Gasteiger partial charge in [0, 0.05) is 5.56 Å². The summed E-state index contributed by atoms with van der Waals surface area (Å²) in [7, 11) is -3.48. The Morgan fingerprint density at radius 1 is 0.914 bits per heavy atom. The predicted molar refractivity (Wildman–Crippen MR) is 144 cm³/mol. The highest BCUT2D eigenvalue weighted by Crippen LogP contribution is 2.25. The number of benzene rings is 3. The van der Waals surface area contributed by atoms with Crippen molar-refractivity contribution in [3.05, 3.63) is 100 Å². The number of rotatable bonds is 7. The van der Waals surface area contributed by atoms with Crippen molar-refractivity contribution in [2.24, 2.45) is 0 Å². The van der Waals surface area contributed by atoms with E-state index in [0.717, 1.165) is 22.3 Å². The van der Waals surface area contributed by atoms with Crippen LogP contribution in [0, 0.1) is 13.8 Å². The van der Waals surface area contributed by atoms with Crippen LogP contribution in [0.3, 0.4) is 0 Å². The molecule has 6 heteroatoms. The molecular weight excluding hydrogens is 456 g/mol. The molecule has 0 saturated carbocycles. The Kier molecular flexibility index (Phi) is 7.75. The molecule has 186 valence electrons. The number of amides is 1. The molecule has 0 aliphatic heterocycles. The zero-order valence-electron chi connectivity index (χ0n) is 21.7. The molecule has 1 atom stereocenters. The van der Waals surface area contributed by atoms with Gasteiger partial charge in [-0.15, -0.1) is 0 Å². The first-order chi connectivity index (χ1) is 16.3. The highest BCUT2D eigenvalue weighted by Gasteiger charge is 2.19. The average Bonchev–Trinajstić information content (AvgIpc) is 2.78. The van der Waals surface area contributed by atoms with Crippen LogP contribution in [0.1, 0.15) is 71.9 Å². The van der Waals surface area contributed by atoms with E-state index in [1.807, 2.05) is 39.0 Å². The molecule has 0 fully saturated rings. The monoisotopic (exact) mass is 492 g/mol. The first-order valence-corrected chi connectivity index (χ1v) is 13.7. The summed E-state index contributed by atoms with van der Waals surface area (Å²) in [6.45, 7) is 12.6. The van der Waals surface area contributed by atoms with Gasteiger partial charge >= 0.3 is 0 Å². The third-order valence-electron chi connectivity index (χ3n) is 6.35. The Morgan fingerprint density at radius 2 is 1.51 bits per heavy atom. The lowest BCUT2D eigenvalue weighted by Gasteiger charge is -2.23. The molecule has 0 aliphatic rings. The van der Waals surface area contributed by atoms with Crippen molar-refractivity contribution < 1.29 is 13.2 Å². The smallest absolute Gasteiger partial charge is 0.251 e. The van der Waals surface area contributed by atoms with E-state index < -0.39 is 10.0 Å². The summed E-state index contributed by atoms with van der Waals surface area (Å²) in [6, 6.07) is 20.9. The summed E-state index contributed by atoms with van der Waals surface area (Å²) < 4.78 is 26.4. The van der Waals surface area contributed by atoms with Crippen LogP contribution in [0.4, 0.5) is 5.69 Å². The van der Waals surface area contributed by atoms with Gasteiger partial charge in [0.05, 0.1) is 24.5 Å². The minimum atomic E-state index is -3.48. The molecule has 0 saturated heterocycles. The molecule has 0 spiro atoms. The van der Waals surface area contributed by atoms with Crippen LogP contribution in [0.5, 0.6) is 0 Å². The van der Waals surface area contributed by atoms with E-state index in [0.29, 0.717) is 11.3 Å². The molecule has 5 nitrogen and oxygen atoms in total. The van der Waals surface area contributed by atoms with E-state index in [1.165, 1.54) is 16.1 Å². The minimum Gasteiger partial charge on any atom is -0.346 e. The quantitative estimate of drug-likeness (QED) is 0.436. The van der Waals surface area contributed by atoms with Gasteiger partial charge in [0.25, 0.3) is 5.91 Å². The second-order valence-corrected chi connectivity index (χ2v) is 12.2. The number of aryl methyl sites for hydroxylation is 2. The second-order valence-electron chi connectivity index (χ2n) is 10.3. The molecule has 0 bridgehead atoms. The van der Waals surface area contributed by atoms with Gasteiger partial charge in [0.1, 0.15) is 0 Å². The summed E-state index contributed by atoms with van der Waals surface area (Å²) in [4.78, 5) is 12.8. The summed E-state index contributed by atoms with van der Waals surface area (Å²) in [5.74, 6) is -0.168. The third kappa shape index (κ3) is 6.73. The van der Waals surface area contributed by atoms with Gasteiger partial charge < -0.3 is 5.32 Å². The Hall–Kier alpha value is -3.12. The Morgan fingerprint density at radius 3 is 2.03 bits per heavy atom. The summed E-state index contributed by atoms with van der Waals surface area (Å²) >= 11 is 0. The van der Waals surface area contributed by atoms with Gasteiger partial charge in [0.2, 0.25) is 10.0 Å². The van der Waals surface area contributed by atoms with Gasteiger partial charge in [-0.1, -0.05) is 63.2 Å². The zero-order chi connectivity index (χ0) is 26.0. The molecule has 3 aromatic rings. The summed E-state index contributed by atoms with van der Waals surface area (Å²) in [6.07, 6.45) is 1.21. The first-order valence-electron chi connectivity index (χ1n) is 11.8. The molecule has 1 N–H and O–H groups in total. The summed E-state index contributed by atoms with van der Waals surface area (Å²) in [5.41, 5.74) is 6.48. The second kappa shape index (κ2) is 10.2. The van der Waals surface area contributed by atoms with E-state index >= 15 is 0 Å². The van der Waals surface area contributed by atoms with Crippen molar-refractivity contribution in [3.63, 3.8) is 0 Å². The number of nitrogens with zero attached hydrogens (tertiary/aromatic N) is 1. The molecule has 35 heavy (non-hydrogen) atoms. The van der Waals surface area contributed by atoms with Crippen LogP contribution < -0.4 is 9.62 Å². The van der Waals surface area contributed by atoms with Gasteiger partial charge in [-0.2, -0.15) is 0 Å². The van der Waals surface area contributed by atoms with E-state index in [1.54, 1.807) is 24.3 Å². The van der Waals surface area contributed by atoms with E-state index in [4.69, 9.17) is 0 Å². The summed E-state index contributed by atoms with van der Waals surface area (Å²) in [5, 5.41) is 3.05. The van der Waals surface area contributed by atoms with Crippen LogP contribution in [0.15, 0.2) is 66.7 Å². The molecule has 1 amide bonds. The standard InChI is InChI=1S/C29H36N2O3S/c1-20-8-17-27(18-21(20)2)31(35(7,33)34)19-23-9-11-25(12-10-23)28(32)30-22(3)24-13-15-26(16-14-24)29(4,5)6/h8-18,22H,19H2,1-7H3,(H,30,32)/t22-/m1/s1. The van der Waals surface area contributed by atoms with Crippen molar-refractivity contribution in [1.82, 2.24) is 5.32 Å². The van der Waals surface area contributed by atoms with Crippen molar-refractivity contribution in [2.75, 3.05) is 10.6 Å². The minimum absolute atomic E-state index is 0.0811. The maximum absolute atomic E-state index is 12.8. The molecule has 0 unspecified atom stereocenters. The number of hydrogen-bond acceptors (Lipinski definition) is 3. The number of hydrogen-bond donors (Lipinski definition) is 1. The molecule has 0 radical (unpaired) electrons. The third-order valence-corrected chi connectivity index (χ3v) is 7.49. The molecule has 0 aromatic heterocycles. The molecule has 3 rings (SSSR count). The number of sulfonamides is 1. The highest BCUT2D eigenvalue weighted by atomic mass is 32.2. The van der Waals surface area contributed by atoms with E-state index in [2.05, 4.69) is 50.4 Å². The fraction of sp³-hybridized carbons (Fsp3) is 0.345. The largest absolute Gasteiger partial charge is 0.346 e. The highest BCUT2D eigenvalue weighted by molar-refractivity contribution is 7.92. The topological polar surface area (TPSA) is 66.5 Å². The normalized spacial score (nSPS) is 12.8. The molecule has 0 heterocycles. The van der Waals surface area contributed by atoms with Crippen LogP contribution in [-0.4, -0.2) is 20.6 Å². The Labute approximate surface area is 210 Å². The van der Waals surface area contributed by atoms with E-state index in [-0.39, 0.29) is 23.9 Å². The fourth-order valence-electron chi connectivity index (χ4n) is 3.84. The van der Waals surface area contributed by atoms with Gasteiger partial charge in [-0.3, -0.25) is 9.10 Å². The van der Waals surface area contributed by atoms with Crippen molar-refractivity contribution in [3.8, 4) is 0 Å². The fourth-order valence-corrected chi connectivity index (χ4v) is 4.72. The first kappa shape index (κ1) is 26.5. The molecule has 0 aliphatic carbocycles. The SMILES string of the molecule is Cc1ccc(N(Cc2ccc(C(=O)N[C@H](C)c3ccc(C(C)(C)C)cc3)cc2)S(C)(=O)=O)cc1C. The number of nitrogens with one attached hydrogen (secondary N) is 1. The maximum atomic E-state index is 12.8. The number of carbonyl (C=O) groups excluding carboxylic acids is 1. The van der Waals surface area contributed by atoms with Crippen molar-refractivity contribution in [2.45, 2.75) is 59.5 Å². The van der Waals surface area contributed by atoms with Crippen LogP contribution in [0.2, 0.25) is 0 Å². The van der Waals surface area contributed by atoms with Crippen molar-refractivity contribution in [1.29, 1.82) is 0 Å². The lowest BCUT2D eigenvalue weighted by Crippen LogP contribution is -2.29. The number of anilines is 1. The van der Waals surface area contributed by atoms with Gasteiger partial charge in [0.15, 0.2) is 0 Å². The number of carbonyl (C=O) groups is 1.